The third-order valence-corrected chi connectivity index (χ3v) is 4.71. The summed E-state index contributed by atoms with van der Waals surface area (Å²) < 4.78 is 4.84. The van der Waals surface area contributed by atoms with Crippen LogP contribution in [-0.2, 0) is 14.3 Å². The Bertz CT molecular complexity index is 538. The Labute approximate surface area is 149 Å². The summed E-state index contributed by atoms with van der Waals surface area (Å²) in [5.41, 5.74) is 6.94. The summed E-state index contributed by atoms with van der Waals surface area (Å²) in [5.74, 6) is -0.614. The third kappa shape index (κ3) is 5.21. The first-order valence-corrected chi connectivity index (χ1v) is 8.20. The van der Waals surface area contributed by atoms with E-state index in [2.05, 4.69) is 5.32 Å². The summed E-state index contributed by atoms with van der Waals surface area (Å²) >= 11 is 0. The Morgan fingerprint density at radius 2 is 1.96 bits per heavy atom. The van der Waals surface area contributed by atoms with Crippen molar-refractivity contribution in [2.24, 2.45) is 17.6 Å². The van der Waals surface area contributed by atoms with Gasteiger partial charge < -0.3 is 15.8 Å². The largest absolute Gasteiger partial charge is 0.469 e. The monoisotopic (exact) mass is 354 g/mol. The van der Waals surface area contributed by atoms with Crippen molar-refractivity contribution in [3.8, 4) is 0 Å². The molecule has 0 radical (unpaired) electrons. The molecule has 4 atom stereocenters. The normalized spacial score (nSPS) is 22.1. The van der Waals surface area contributed by atoms with Crippen LogP contribution in [0.5, 0.6) is 0 Å². The van der Waals surface area contributed by atoms with E-state index in [4.69, 9.17) is 10.5 Å². The van der Waals surface area contributed by atoms with Crippen LogP contribution < -0.4 is 11.1 Å². The van der Waals surface area contributed by atoms with Crippen LogP contribution in [0.4, 0.5) is 0 Å². The number of rotatable bonds is 6. The van der Waals surface area contributed by atoms with E-state index in [0.29, 0.717) is 6.42 Å². The Morgan fingerprint density at radius 1 is 1.29 bits per heavy atom. The lowest BCUT2D eigenvalue weighted by atomic mass is 9.93. The van der Waals surface area contributed by atoms with Gasteiger partial charge >= 0.3 is 5.97 Å². The fraction of sp³-hybridized carbons (Fsp3) is 0.556. The number of halogens is 1. The number of hydrogen-bond acceptors (Lipinski definition) is 4. The summed E-state index contributed by atoms with van der Waals surface area (Å²) in [6.45, 7) is 1.77. The van der Waals surface area contributed by atoms with Crippen LogP contribution in [0.15, 0.2) is 30.3 Å². The van der Waals surface area contributed by atoms with Crippen LogP contribution in [0.2, 0.25) is 0 Å². The van der Waals surface area contributed by atoms with E-state index in [9.17, 15) is 9.59 Å². The van der Waals surface area contributed by atoms with E-state index < -0.39 is 12.0 Å². The minimum atomic E-state index is -0.455. The van der Waals surface area contributed by atoms with Gasteiger partial charge in [-0.3, -0.25) is 9.59 Å². The van der Waals surface area contributed by atoms with Crippen molar-refractivity contribution in [2.75, 3.05) is 7.11 Å². The third-order valence-electron chi connectivity index (χ3n) is 4.71. The molecule has 0 spiro atoms. The molecule has 0 saturated heterocycles. The molecule has 1 amide bonds. The highest BCUT2D eigenvalue weighted by Crippen LogP contribution is 2.28. The highest BCUT2D eigenvalue weighted by molar-refractivity contribution is 5.85. The lowest BCUT2D eigenvalue weighted by Gasteiger charge is -2.25. The Balaban J connectivity index is 0.00000288. The van der Waals surface area contributed by atoms with Gasteiger partial charge in [-0.2, -0.15) is 0 Å². The number of esters is 1. The van der Waals surface area contributed by atoms with Gasteiger partial charge in [0.1, 0.15) is 0 Å². The van der Waals surface area contributed by atoms with Gasteiger partial charge in [-0.1, -0.05) is 36.8 Å². The van der Waals surface area contributed by atoms with Gasteiger partial charge in [-0.05, 0) is 31.2 Å². The van der Waals surface area contributed by atoms with E-state index in [-0.39, 0.29) is 36.2 Å². The van der Waals surface area contributed by atoms with Gasteiger partial charge in [0.25, 0.3) is 0 Å². The van der Waals surface area contributed by atoms with E-state index in [0.717, 1.165) is 24.8 Å². The summed E-state index contributed by atoms with van der Waals surface area (Å²) in [6.07, 6.45) is 3.48. The van der Waals surface area contributed by atoms with Crippen LogP contribution in [0, 0.1) is 11.8 Å². The Hall–Kier alpha value is -1.59. The first-order valence-electron chi connectivity index (χ1n) is 8.20. The number of carbonyl (C=O) groups excluding carboxylic acids is 2. The van der Waals surface area contributed by atoms with Gasteiger partial charge in [-0.15, -0.1) is 12.4 Å². The molecule has 0 aromatic heterocycles. The van der Waals surface area contributed by atoms with Crippen LogP contribution in [-0.4, -0.2) is 25.0 Å². The zero-order valence-electron chi connectivity index (χ0n) is 14.2. The molecule has 1 aliphatic rings. The molecule has 2 unspecified atom stereocenters. The molecule has 1 fully saturated rings. The molecule has 6 heteroatoms. The summed E-state index contributed by atoms with van der Waals surface area (Å²) in [5, 5.41) is 3.00. The number of hydrogen-bond donors (Lipinski definition) is 2. The zero-order chi connectivity index (χ0) is 16.8. The van der Waals surface area contributed by atoms with Crippen molar-refractivity contribution < 1.29 is 14.3 Å². The number of carbonyl (C=O) groups is 2. The van der Waals surface area contributed by atoms with Gasteiger partial charge in [0, 0.05) is 12.5 Å². The molecule has 0 bridgehead atoms. The molecule has 134 valence electrons. The van der Waals surface area contributed by atoms with E-state index in [1.54, 1.807) is 6.92 Å². The fourth-order valence-corrected chi connectivity index (χ4v) is 3.27. The molecule has 0 aliphatic heterocycles. The molecule has 1 saturated carbocycles. The highest BCUT2D eigenvalue weighted by atomic mass is 35.5. The van der Waals surface area contributed by atoms with Crippen LogP contribution in [0.1, 0.15) is 44.2 Å². The predicted molar refractivity (Wildman–Crippen MR) is 95.7 cm³/mol. The number of ether oxygens (including phenoxy) is 1. The van der Waals surface area contributed by atoms with Gasteiger partial charge in [-0.25, -0.2) is 0 Å². The Morgan fingerprint density at radius 3 is 2.50 bits per heavy atom. The maximum Gasteiger partial charge on any atom is 0.310 e. The topological polar surface area (TPSA) is 81.4 Å². The minimum absolute atomic E-state index is 0. The lowest BCUT2D eigenvalue weighted by molar-refractivity contribution is -0.146. The predicted octanol–water partition coefficient (Wildman–Crippen LogP) is 2.59. The van der Waals surface area contributed by atoms with Crippen molar-refractivity contribution in [1.82, 2.24) is 5.32 Å². The molecular formula is C18H27ClN2O3. The molecule has 0 heterocycles. The molecule has 2 rings (SSSR count). The second-order valence-electron chi connectivity index (χ2n) is 6.33. The van der Waals surface area contributed by atoms with Crippen LogP contribution in [0.3, 0.4) is 0 Å². The number of nitrogens with two attached hydrogens (primary N) is 1. The van der Waals surface area contributed by atoms with Gasteiger partial charge in [0.05, 0.1) is 19.1 Å². The van der Waals surface area contributed by atoms with Crippen molar-refractivity contribution in [1.29, 1.82) is 0 Å². The maximum absolute atomic E-state index is 12.4. The SMILES string of the molecule is COC(=O)C(C)C(NC(=O)C[C@@H]1CCC[C@H]1N)c1ccccc1.Cl. The fourth-order valence-electron chi connectivity index (χ4n) is 3.27. The second kappa shape index (κ2) is 9.64. The maximum atomic E-state index is 12.4. The molecule has 1 aliphatic carbocycles. The molecule has 24 heavy (non-hydrogen) atoms. The molecular weight excluding hydrogens is 328 g/mol. The Kier molecular flexibility index (Phi) is 8.22. The number of amides is 1. The minimum Gasteiger partial charge on any atom is -0.469 e. The van der Waals surface area contributed by atoms with Gasteiger partial charge in [0.2, 0.25) is 5.91 Å². The smallest absolute Gasteiger partial charge is 0.310 e. The summed E-state index contributed by atoms with van der Waals surface area (Å²) in [7, 11) is 1.36. The quantitative estimate of drug-likeness (QED) is 0.769. The molecule has 3 N–H and O–H groups in total. The molecule has 1 aromatic rings. The van der Waals surface area contributed by atoms with E-state index >= 15 is 0 Å². The van der Waals surface area contributed by atoms with E-state index in [1.807, 2.05) is 30.3 Å². The van der Waals surface area contributed by atoms with Gasteiger partial charge in [0.15, 0.2) is 0 Å². The second-order valence-corrected chi connectivity index (χ2v) is 6.33. The standard InChI is InChI=1S/C18H26N2O3.ClH/c1-12(18(22)23-2)17(13-7-4-3-5-8-13)20-16(21)11-14-9-6-10-15(14)19;/h3-5,7-8,12,14-15,17H,6,9-11,19H2,1-2H3,(H,20,21);1H/t12?,14-,15+,17?;/m0./s1. The number of nitrogens with one attached hydrogen (secondary N) is 1. The molecule has 5 nitrogen and oxygen atoms in total. The van der Waals surface area contributed by atoms with Crippen molar-refractivity contribution in [3.05, 3.63) is 35.9 Å². The number of methoxy groups -OCH3 is 1. The van der Waals surface area contributed by atoms with Crippen molar-refractivity contribution in [3.63, 3.8) is 0 Å². The summed E-state index contributed by atoms with van der Waals surface area (Å²) in [4.78, 5) is 24.3. The summed E-state index contributed by atoms with van der Waals surface area (Å²) in [6, 6.07) is 9.22. The average molecular weight is 355 g/mol. The van der Waals surface area contributed by atoms with Crippen LogP contribution >= 0.6 is 12.4 Å². The number of benzene rings is 1. The lowest BCUT2D eigenvalue weighted by Crippen LogP contribution is -2.38. The highest BCUT2D eigenvalue weighted by Gasteiger charge is 2.30. The van der Waals surface area contributed by atoms with Crippen LogP contribution in [0.25, 0.3) is 0 Å². The van der Waals surface area contributed by atoms with Crippen molar-refractivity contribution in [2.45, 2.75) is 44.7 Å². The van der Waals surface area contributed by atoms with E-state index in [1.165, 1.54) is 7.11 Å². The van der Waals surface area contributed by atoms with Crippen molar-refractivity contribution >= 4 is 24.3 Å². The first-order chi connectivity index (χ1) is 11.0. The first kappa shape index (κ1) is 20.5. The molecule has 1 aromatic carbocycles. The zero-order valence-corrected chi connectivity index (χ0v) is 15.1. The average Bonchev–Trinajstić information content (AvgIpc) is 2.97.